The third kappa shape index (κ3) is 6.95. The van der Waals surface area contributed by atoms with Gasteiger partial charge in [-0.15, -0.1) is 0 Å². The number of nitrogens with one attached hydrogen (secondary N) is 2. The molecule has 36 heavy (non-hydrogen) atoms. The molecule has 2 aromatic heterocycles. The number of hydrogen-bond acceptors (Lipinski definition) is 8. The minimum absolute atomic E-state index is 0.0596. The fourth-order valence-corrected chi connectivity index (χ4v) is 4.01. The molecular formula is C24H27F3N8O. The largest absolute Gasteiger partial charge is 0.419 e. The standard InChI is InChI=1S/C24H27F3N8O/c25-24(26,27)18-14-32-23(33-17-3-1-16(2-4-17)15-35-11-9-29-10-12-35)34-19(18)5-6-20-21(13-22(28)36)31-8-7-30-20/h1-4,7-8,14,29H,5-6,9-13,15H2,(H2,28,36)(H,32,33,34). The van der Waals surface area contributed by atoms with E-state index in [9.17, 15) is 18.0 Å². The Morgan fingerprint density at radius 1 is 1.00 bits per heavy atom. The number of aromatic nitrogens is 4. The summed E-state index contributed by atoms with van der Waals surface area (Å²) in [5, 5.41) is 6.31. The Balaban J connectivity index is 1.48. The number of nitrogens with zero attached hydrogens (tertiary/aromatic N) is 5. The lowest BCUT2D eigenvalue weighted by Crippen LogP contribution is -2.42. The van der Waals surface area contributed by atoms with Crippen molar-refractivity contribution in [1.29, 1.82) is 0 Å². The van der Waals surface area contributed by atoms with Crippen molar-refractivity contribution in [3.05, 3.63) is 71.1 Å². The molecule has 4 N–H and O–H groups in total. The van der Waals surface area contributed by atoms with Gasteiger partial charge in [-0.1, -0.05) is 12.1 Å². The number of rotatable bonds is 9. The maximum atomic E-state index is 13.6. The molecule has 1 aromatic carbocycles. The van der Waals surface area contributed by atoms with Crippen LogP contribution in [0.4, 0.5) is 24.8 Å². The molecule has 3 heterocycles. The van der Waals surface area contributed by atoms with E-state index in [4.69, 9.17) is 5.73 Å². The molecule has 0 saturated carbocycles. The Morgan fingerprint density at radius 2 is 1.67 bits per heavy atom. The van der Waals surface area contributed by atoms with Crippen LogP contribution in [0.5, 0.6) is 0 Å². The van der Waals surface area contributed by atoms with Gasteiger partial charge in [0.25, 0.3) is 0 Å². The van der Waals surface area contributed by atoms with E-state index >= 15 is 0 Å². The molecule has 0 bridgehead atoms. The molecule has 1 saturated heterocycles. The van der Waals surface area contributed by atoms with Gasteiger partial charge < -0.3 is 16.4 Å². The predicted octanol–water partition coefficient (Wildman–Crippen LogP) is 2.25. The number of hydrogen-bond donors (Lipinski definition) is 3. The summed E-state index contributed by atoms with van der Waals surface area (Å²) in [6.45, 7) is 4.75. The van der Waals surface area contributed by atoms with Crippen molar-refractivity contribution in [3.8, 4) is 0 Å². The maximum Gasteiger partial charge on any atom is 0.419 e. The molecule has 1 aliphatic heterocycles. The number of anilines is 2. The summed E-state index contributed by atoms with van der Waals surface area (Å²) in [4.78, 5) is 29.9. The number of alkyl halides is 3. The molecule has 0 atom stereocenters. The second kappa shape index (κ2) is 11.4. The maximum absolute atomic E-state index is 13.6. The van der Waals surface area contributed by atoms with Crippen LogP contribution in [0.25, 0.3) is 0 Å². The van der Waals surface area contributed by atoms with E-state index in [1.807, 2.05) is 24.3 Å². The first kappa shape index (κ1) is 25.5. The van der Waals surface area contributed by atoms with Gasteiger partial charge in [0.2, 0.25) is 11.9 Å². The number of amides is 1. The molecule has 9 nitrogen and oxygen atoms in total. The smallest absolute Gasteiger partial charge is 0.369 e. The molecule has 0 radical (unpaired) electrons. The van der Waals surface area contributed by atoms with Crippen LogP contribution in [0, 0.1) is 0 Å². The zero-order valence-corrected chi connectivity index (χ0v) is 19.6. The van der Waals surface area contributed by atoms with E-state index < -0.39 is 17.6 Å². The Bertz CT molecular complexity index is 1180. The van der Waals surface area contributed by atoms with Gasteiger partial charge >= 0.3 is 6.18 Å². The lowest BCUT2D eigenvalue weighted by Gasteiger charge is -2.27. The van der Waals surface area contributed by atoms with E-state index in [0.717, 1.165) is 44.5 Å². The number of benzene rings is 1. The van der Waals surface area contributed by atoms with Crippen LogP contribution in [0.1, 0.15) is 28.2 Å². The van der Waals surface area contributed by atoms with Crippen LogP contribution in [-0.2, 0) is 36.8 Å². The lowest BCUT2D eigenvalue weighted by atomic mass is 10.1. The minimum atomic E-state index is -4.61. The molecule has 3 aromatic rings. The number of piperazine rings is 1. The summed E-state index contributed by atoms with van der Waals surface area (Å²) < 4.78 is 40.9. The predicted molar refractivity (Wildman–Crippen MR) is 127 cm³/mol. The highest BCUT2D eigenvalue weighted by molar-refractivity contribution is 5.76. The minimum Gasteiger partial charge on any atom is -0.369 e. The second-order valence-corrected chi connectivity index (χ2v) is 8.49. The summed E-state index contributed by atoms with van der Waals surface area (Å²) >= 11 is 0. The van der Waals surface area contributed by atoms with Crippen LogP contribution in [0.3, 0.4) is 0 Å². The first-order valence-electron chi connectivity index (χ1n) is 11.6. The monoisotopic (exact) mass is 500 g/mol. The highest BCUT2D eigenvalue weighted by Gasteiger charge is 2.35. The van der Waals surface area contributed by atoms with E-state index in [0.29, 0.717) is 17.1 Å². The number of carbonyl (C=O) groups excluding carboxylic acids is 1. The first-order valence-corrected chi connectivity index (χ1v) is 11.6. The van der Waals surface area contributed by atoms with Gasteiger partial charge in [-0.25, -0.2) is 9.97 Å². The van der Waals surface area contributed by atoms with Crippen LogP contribution in [0.2, 0.25) is 0 Å². The van der Waals surface area contributed by atoms with Crippen molar-refractivity contribution in [3.63, 3.8) is 0 Å². The van der Waals surface area contributed by atoms with Crippen molar-refractivity contribution < 1.29 is 18.0 Å². The fraction of sp³-hybridized carbons (Fsp3) is 0.375. The van der Waals surface area contributed by atoms with Crippen molar-refractivity contribution >= 4 is 17.5 Å². The van der Waals surface area contributed by atoms with Crippen LogP contribution >= 0.6 is 0 Å². The summed E-state index contributed by atoms with van der Waals surface area (Å²) in [6, 6.07) is 7.66. The van der Waals surface area contributed by atoms with Gasteiger partial charge in [0, 0.05) is 57.0 Å². The van der Waals surface area contributed by atoms with E-state index in [-0.39, 0.29) is 30.9 Å². The molecule has 190 valence electrons. The fourth-order valence-electron chi connectivity index (χ4n) is 4.01. The first-order chi connectivity index (χ1) is 17.3. The van der Waals surface area contributed by atoms with Crippen molar-refractivity contribution in [2.24, 2.45) is 5.73 Å². The van der Waals surface area contributed by atoms with Crippen molar-refractivity contribution in [1.82, 2.24) is 30.2 Å². The Kier molecular flexibility index (Phi) is 8.06. The molecule has 4 rings (SSSR count). The number of carbonyl (C=O) groups is 1. The zero-order valence-electron chi connectivity index (χ0n) is 19.6. The quantitative estimate of drug-likeness (QED) is 0.409. The molecule has 0 spiro atoms. The SMILES string of the molecule is NC(=O)Cc1nccnc1CCc1nc(Nc2ccc(CN3CCNCC3)cc2)ncc1C(F)(F)F. The van der Waals surface area contributed by atoms with Gasteiger partial charge in [-0.3, -0.25) is 19.7 Å². The number of aryl methyl sites for hydroxylation is 2. The number of nitrogens with two attached hydrogens (primary N) is 1. The number of halogens is 3. The average Bonchev–Trinajstić information content (AvgIpc) is 2.84. The van der Waals surface area contributed by atoms with Gasteiger partial charge in [0.05, 0.1) is 29.1 Å². The van der Waals surface area contributed by atoms with Gasteiger partial charge in [0.1, 0.15) is 0 Å². The summed E-state index contributed by atoms with van der Waals surface area (Å²) in [7, 11) is 0. The Hall–Kier alpha value is -3.64. The van der Waals surface area contributed by atoms with Crippen molar-refractivity contribution in [2.75, 3.05) is 31.5 Å². The van der Waals surface area contributed by atoms with E-state index in [1.165, 1.54) is 12.4 Å². The number of primary amides is 1. The molecule has 1 aliphatic rings. The van der Waals surface area contributed by atoms with Gasteiger partial charge in [-0.05, 0) is 30.5 Å². The highest BCUT2D eigenvalue weighted by Crippen LogP contribution is 2.32. The summed E-state index contributed by atoms with van der Waals surface area (Å²) in [6.07, 6.45) is -1.11. The van der Waals surface area contributed by atoms with Crippen LogP contribution in [-0.4, -0.2) is 56.9 Å². The van der Waals surface area contributed by atoms with Crippen LogP contribution < -0.4 is 16.4 Å². The van der Waals surface area contributed by atoms with E-state index in [1.54, 1.807) is 0 Å². The van der Waals surface area contributed by atoms with Crippen molar-refractivity contribution in [2.45, 2.75) is 32.0 Å². The third-order valence-electron chi connectivity index (χ3n) is 5.80. The molecule has 1 amide bonds. The summed E-state index contributed by atoms with van der Waals surface area (Å²) in [5.74, 6) is -0.537. The topological polar surface area (TPSA) is 122 Å². The Morgan fingerprint density at radius 3 is 2.33 bits per heavy atom. The average molecular weight is 501 g/mol. The highest BCUT2D eigenvalue weighted by atomic mass is 19.4. The lowest BCUT2D eigenvalue weighted by molar-refractivity contribution is -0.138. The van der Waals surface area contributed by atoms with Gasteiger partial charge in [0.15, 0.2) is 0 Å². The van der Waals surface area contributed by atoms with Gasteiger partial charge in [-0.2, -0.15) is 13.2 Å². The van der Waals surface area contributed by atoms with Crippen LogP contribution in [0.15, 0.2) is 42.9 Å². The zero-order chi connectivity index (χ0) is 25.5. The summed E-state index contributed by atoms with van der Waals surface area (Å²) in [5.41, 5.74) is 6.70. The normalized spacial score (nSPS) is 14.5. The van der Waals surface area contributed by atoms with E-state index in [2.05, 4.69) is 35.5 Å². The molecule has 1 fully saturated rings. The second-order valence-electron chi connectivity index (χ2n) is 8.49. The molecule has 0 aliphatic carbocycles. The third-order valence-corrected chi connectivity index (χ3v) is 5.80. The Labute approximate surface area is 206 Å². The molecule has 12 heteroatoms. The molecular weight excluding hydrogens is 473 g/mol. The molecule has 0 unspecified atom stereocenters.